The number of nitrogens with one attached hydrogen (secondary N) is 1. The fourth-order valence-corrected chi connectivity index (χ4v) is 3.54. The minimum absolute atomic E-state index is 0.0445. The monoisotopic (exact) mass is 380 g/mol. The molecular weight excluding hydrogens is 359 g/mol. The first-order chi connectivity index (χ1) is 13.4. The van der Waals surface area contributed by atoms with Crippen LogP contribution in [0.2, 0.25) is 0 Å². The van der Waals surface area contributed by atoms with E-state index in [0.29, 0.717) is 12.0 Å². The van der Waals surface area contributed by atoms with Crippen molar-refractivity contribution in [2.45, 2.75) is 25.7 Å². The van der Waals surface area contributed by atoms with Gasteiger partial charge >= 0.3 is 5.97 Å². The number of hydrogen-bond acceptors (Lipinski definition) is 3. The van der Waals surface area contributed by atoms with Gasteiger partial charge < -0.3 is 5.11 Å². The zero-order valence-electron chi connectivity index (χ0n) is 15.4. The Hall–Kier alpha value is -3.28. The Morgan fingerprint density at radius 3 is 2.50 bits per heavy atom. The highest BCUT2D eigenvalue weighted by atomic mass is 19.1. The molecule has 28 heavy (non-hydrogen) atoms. The highest BCUT2D eigenvalue weighted by Crippen LogP contribution is 2.47. The van der Waals surface area contributed by atoms with Crippen LogP contribution in [0.3, 0.4) is 0 Å². The molecule has 3 rings (SSSR count). The largest absolute Gasteiger partial charge is 0.480 e. The number of aliphatic carboxylic acids is 1. The van der Waals surface area contributed by atoms with E-state index in [1.807, 2.05) is 37.3 Å². The highest BCUT2D eigenvalue weighted by Gasteiger charge is 2.53. The van der Waals surface area contributed by atoms with Gasteiger partial charge in [-0.1, -0.05) is 54.1 Å². The van der Waals surface area contributed by atoms with E-state index in [-0.39, 0.29) is 6.42 Å². The molecule has 0 saturated heterocycles. The molecular formula is C22H21FN2O3. The van der Waals surface area contributed by atoms with Crippen LogP contribution in [-0.4, -0.2) is 23.2 Å². The van der Waals surface area contributed by atoms with Crippen molar-refractivity contribution < 1.29 is 19.1 Å². The summed E-state index contributed by atoms with van der Waals surface area (Å²) in [6.07, 6.45) is 3.68. The standard InChI is InChI=1S/C22H21FN2O3/c1-15-11-12-22(21(27)28,19(13-15)17-7-9-18(23)10-8-17)20(26)25-24-14-16-5-3-2-4-6-16/h2-11,14,19H,12-13H2,1H3,(H,25,26)(H,27,28)/b24-14-/t19-,22-/m1/s1. The minimum Gasteiger partial charge on any atom is -0.480 e. The van der Waals surface area contributed by atoms with Crippen molar-refractivity contribution in [3.8, 4) is 0 Å². The van der Waals surface area contributed by atoms with Gasteiger partial charge in [0.1, 0.15) is 5.82 Å². The van der Waals surface area contributed by atoms with Gasteiger partial charge in [0.05, 0.1) is 6.21 Å². The van der Waals surface area contributed by atoms with Crippen molar-refractivity contribution in [1.82, 2.24) is 5.43 Å². The van der Waals surface area contributed by atoms with Gasteiger partial charge in [-0.2, -0.15) is 5.10 Å². The third-order valence-electron chi connectivity index (χ3n) is 5.13. The number of carbonyl (C=O) groups is 2. The molecule has 0 aliphatic heterocycles. The molecule has 2 aromatic carbocycles. The molecule has 2 N–H and O–H groups in total. The molecule has 144 valence electrons. The number of carboxylic acid groups (broad SMARTS) is 1. The first-order valence-electron chi connectivity index (χ1n) is 8.96. The lowest BCUT2D eigenvalue weighted by atomic mass is 9.64. The maximum atomic E-state index is 13.3. The van der Waals surface area contributed by atoms with Crippen LogP contribution in [0.4, 0.5) is 4.39 Å². The maximum Gasteiger partial charge on any atom is 0.320 e. The number of rotatable bonds is 5. The molecule has 1 aliphatic carbocycles. The number of halogens is 1. The SMILES string of the molecule is CC1=CC[C@](C(=O)O)(C(=O)N/N=C\c2ccccc2)[C@@H](c2ccc(F)cc2)C1. The maximum absolute atomic E-state index is 13.3. The molecule has 0 saturated carbocycles. The number of hydrazone groups is 1. The molecule has 2 atom stereocenters. The second kappa shape index (κ2) is 8.17. The predicted molar refractivity (Wildman–Crippen MR) is 104 cm³/mol. The minimum atomic E-state index is -1.72. The van der Waals surface area contributed by atoms with Crippen LogP contribution in [0.5, 0.6) is 0 Å². The summed E-state index contributed by atoms with van der Waals surface area (Å²) in [6, 6.07) is 14.8. The van der Waals surface area contributed by atoms with E-state index in [1.54, 1.807) is 6.08 Å². The number of nitrogens with zero attached hydrogens (tertiary/aromatic N) is 1. The lowest BCUT2D eigenvalue weighted by Gasteiger charge is -2.38. The number of amides is 1. The fraction of sp³-hybridized carbons (Fsp3) is 0.227. The molecule has 0 bridgehead atoms. The second-order valence-corrected chi connectivity index (χ2v) is 6.95. The van der Waals surface area contributed by atoms with Gasteiger partial charge in [0.15, 0.2) is 5.41 Å². The third-order valence-corrected chi connectivity index (χ3v) is 5.13. The molecule has 0 radical (unpaired) electrons. The normalized spacial score (nSPS) is 21.9. The van der Waals surface area contributed by atoms with Gasteiger partial charge in [-0.05, 0) is 43.0 Å². The van der Waals surface area contributed by atoms with Crippen LogP contribution >= 0.6 is 0 Å². The molecule has 1 aliphatic rings. The van der Waals surface area contributed by atoms with Crippen molar-refractivity contribution in [2.24, 2.45) is 10.5 Å². The zero-order chi connectivity index (χ0) is 20.1. The summed E-state index contributed by atoms with van der Waals surface area (Å²) in [5.41, 5.74) is 3.06. The summed E-state index contributed by atoms with van der Waals surface area (Å²) in [6.45, 7) is 1.90. The molecule has 0 fully saturated rings. The Kier molecular flexibility index (Phi) is 5.68. The van der Waals surface area contributed by atoms with Crippen LogP contribution in [0, 0.1) is 11.2 Å². The topological polar surface area (TPSA) is 78.8 Å². The zero-order valence-corrected chi connectivity index (χ0v) is 15.4. The van der Waals surface area contributed by atoms with Crippen molar-refractivity contribution >= 4 is 18.1 Å². The number of allylic oxidation sites excluding steroid dienone is 2. The van der Waals surface area contributed by atoms with Crippen molar-refractivity contribution in [2.75, 3.05) is 0 Å². The summed E-state index contributed by atoms with van der Waals surface area (Å²) in [5.74, 6) is -2.95. The number of carboxylic acids is 1. The number of hydrogen-bond donors (Lipinski definition) is 2. The average Bonchev–Trinajstić information content (AvgIpc) is 2.69. The average molecular weight is 380 g/mol. The Morgan fingerprint density at radius 2 is 1.86 bits per heavy atom. The van der Waals surface area contributed by atoms with E-state index >= 15 is 0 Å². The summed E-state index contributed by atoms with van der Waals surface area (Å²) >= 11 is 0. The summed E-state index contributed by atoms with van der Waals surface area (Å²) in [4.78, 5) is 25.3. The highest BCUT2D eigenvalue weighted by molar-refractivity contribution is 6.03. The van der Waals surface area contributed by atoms with E-state index < -0.39 is 29.0 Å². The van der Waals surface area contributed by atoms with E-state index in [1.165, 1.54) is 30.5 Å². The van der Waals surface area contributed by atoms with Crippen LogP contribution in [0.1, 0.15) is 36.8 Å². The number of benzene rings is 2. The summed E-state index contributed by atoms with van der Waals surface area (Å²) < 4.78 is 13.3. The first kappa shape index (κ1) is 19.5. The van der Waals surface area contributed by atoms with Crippen LogP contribution in [0.25, 0.3) is 0 Å². The molecule has 1 amide bonds. The predicted octanol–water partition coefficient (Wildman–Crippen LogP) is 3.87. The van der Waals surface area contributed by atoms with Gasteiger partial charge in [-0.15, -0.1) is 0 Å². The number of carbonyl (C=O) groups excluding carboxylic acids is 1. The summed E-state index contributed by atoms with van der Waals surface area (Å²) in [7, 11) is 0. The molecule has 2 aromatic rings. The Balaban J connectivity index is 1.93. The Bertz CT molecular complexity index is 923. The third kappa shape index (κ3) is 3.86. The van der Waals surface area contributed by atoms with Crippen LogP contribution in [0.15, 0.2) is 71.3 Å². The van der Waals surface area contributed by atoms with Crippen molar-refractivity contribution in [3.63, 3.8) is 0 Å². The molecule has 5 nitrogen and oxygen atoms in total. The molecule has 0 aromatic heterocycles. The molecule has 0 heterocycles. The summed E-state index contributed by atoms with van der Waals surface area (Å²) in [5, 5.41) is 14.0. The van der Waals surface area contributed by atoms with Gasteiger partial charge in [0, 0.05) is 5.92 Å². The van der Waals surface area contributed by atoms with Gasteiger partial charge in [0.25, 0.3) is 5.91 Å². The van der Waals surface area contributed by atoms with E-state index in [0.717, 1.165) is 11.1 Å². The van der Waals surface area contributed by atoms with Gasteiger partial charge in [0.2, 0.25) is 0 Å². The van der Waals surface area contributed by atoms with Gasteiger partial charge in [-0.25, -0.2) is 9.82 Å². The lowest BCUT2D eigenvalue weighted by Crippen LogP contribution is -2.50. The Morgan fingerprint density at radius 1 is 1.18 bits per heavy atom. The molecule has 0 unspecified atom stereocenters. The lowest BCUT2D eigenvalue weighted by molar-refractivity contribution is -0.158. The Labute approximate surface area is 162 Å². The van der Waals surface area contributed by atoms with E-state index in [4.69, 9.17) is 0 Å². The molecule has 6 heteroatoms. The van der Waals surface area contributed by atoms with Crippen LogP contribution in [-0.2, 0) is 9.59 Å². The van der Waals surface area contributed by atoms with Crippen LogP contribution < -0.4 is 5.43 Å². The van der Waals surface area contributed by atoms with E-state index in [9.17, 15) is 19.1 Å². The van der Waals surface area contributed by atoms with Crippen molar-refractivity contribution in [1.29, 1.82) is 0 Å². The quantitative estimate of drug-likeness (QED) is 0.358. The smallest absolute Gasteiger partial charge is 0.320 e. The first-order valence-corrected chi connectivity index (χ1v) is 8.96. The second-order valence-electron chi connectivity index (χ2n) is 6.95. The van der Waals surface area contributed by atoms with Crippen molar-refractivity contribution in [3.05, 3.63) is 83.2 Å². The van der Waals surface area contributed by atoms with E-state index in [2.05, 4.69) is 10.5 Å². The fourth-order valence-electron chi connectivity index (χ4n) is 3.54. The van der Waals surface area contributed by atoms with Gasteiger partial charge in [-0.3, -0.25) is 9.59 Å². The molecule has 0 spiro atoms.